The predicted octanol–water partition coefficient (Wildman–Crippen LogP) is -0.120. The van der Waals surface area contributed by atoms with Crippen LogP contribution in [0.15, 0.2) is 23.1 Å². The quantitative estimate of drug-likeness (QED) is 0.595. The lowest BCUT2D eigenvalue weighted by molar-refractivity contribution is 0.204. The summed E-state index contributed by atoms with van der Waals surface area (Å²) in [5, 5.41) is 4.99. The molecule has 0 fully saturated rings. The van der Waals surface area contributed by atoms with Crippen molar-refractivity contribution in [3.05, 3.63) is 23.2 Å². The van der Waals surface area contributed by atoms with Crippen LogP contribution < -0.4 is 14.6 Å². The molecule has 0 unspecified atom stereocenters. The molecule has 0 bridgehead atoms. The van der Waals surface area contributed by atoms with E-state index in [1.54, 1.807) is 0 Å². The molecule has 8 nitrogen and oxygen atoms in total. The molecule has 0 saturated carbocycles. The standard InChI is InChI=1S/C9H14ClN3O5S2/c1-18-5-4-12-20(16,17)13-9-6-7(19(11,14)15)2-3-8(9)10/h2-3,6,12-13H,4-5H2,1H3,(H2,11,14,15). The Morgan fingerprint density at radius 2 is 1.95 bits per heavy atom. The number of halogens is 1. The summed E-state index contributed by atoms with van der Waals surface area (Å²) >= 11 is 5.80. The maximum Gasteiger partial charge on any atom is 0.299 e. The van der Waals surface area contributed by atoms with E-state index in [-0.39, 0.29) is 28.8 Å². The number of hydrogen-bond acceptors (Lipinski definition) is 5. The monoisotopic (exact) mass is 343 g/mol. The molecule has 0 heterocycles. The summed E-state index contributed by atoms with van der Waals surface area (Å²) in [6.07, 6.45) is 0. The van der Waals surface area contributed by atoms with Crippen molar-refractivity contribution in [2.45, 2.75) is 4.90 Å². The summed E-state index contributed by atoms with van der Waals surface area (Å²) in [4.78, 5) is -0.253. The first-order chi connectivity index (χ1) is 9.15. The minimum Gasteiger partial charge on any atom is -0.383 e. The molecule has 0 aliphatic rings. The fourth-order valence-electron chi connectivity index (χ4n) is 1.22. The highest BCUT2D eigenvalue weighted by molar-refractivity contribution is 7.90. The zero-order chi connectivity index (χ0) is 15.4. The molecule has 0 amide bonds. The van der Waals surface area contributed by atoms with E-state index in [1.165, 1.54) is 19.2 Å². The van der Waals surface area contributed by atoms with Gasteiger partial charge in [0.2, 0.25) is 10.0 Å². The van der Waals surface area contributed by atoms with Crippen LogP contribution in [0.3, 0.4) is 0 Å². The second-order valence-corrected chi connectivity index (χ2v) is 7.15. The van der Waals surface area contributed by atoms with Crippen molar-refractivity contribution in [3.63, 3.8) is 0 Å². The summed E-state index contributed by atoms with van der Waals surface area (Å²) in [6.45, 7) is 0.240. The molecule has 0 radical (unpaired) electrons. The maximum absolute atomic E-state index is 11.7. The molecule has 0 aromatic heterocycles. The zero-order valence-electron chi connectivity index (χ0n) is 10.5. The van der Waals surface area contributed by atoms with Crippen LogP contribution >= 0.6 is 11.6 Å². The first kappa shape index (κ1) is 17.1. The molecule has 0 aliphatic carbocycles. The van der Waals surface area contributed by atoms with Gasteiger partial charge in [-0.3, -0.25) is 4.72 Å². The third-order valence-corrected chi connectivity index (χ3v) is 4.42. The normalized spacial score (nSPS) is 12.3. The van der Waals surface area contributed by atoms with Crippen LogP contribution in [0.4, 0.5) is 5.69 Å². The van der Waals surface area contributed by atoms with Crippen LogP contribution in [0.2, 0.25) is 5.02 Å². The molecule has 20 heavy (non-hydrogen) atoms. The molecule has 114 valence electrons. The van der Waals surface area contributed by atoms with Gasteiger partial charge in [-0.05, 0) is 18.2 Å². The van der Waals surface area contributed by atoms with Gasteiger partial charge in [0, 0.05) is 13.7 Å². The fourth-order valence-corrected chi connectivity index (χ4v) is 2.86. The fraction of sp³-hybridized carbons (Fsp3) is 0.333. The lowest BCUT2D eigenvalue weighted by atomic mass is 10.3. The van der Waals surface area contributed by atoms with Crippen LogP contribution in [0, 0.1) is 0 Å². The number of anilines is 1. The summed E-state index contributed by atoms with van der Waals surface area (Å²) in [5.74, 6) is 0. The van der Waals surface area contributed by atoms with Crippen molar-refractivity contribution >= 4 is 37.5 Å². The summed E-state index contributed by atoms with van der Waals surface area (Å²) in [6, 6.07) is 3.44. The van der Waals surface area contributed by atoms with Gasteiger partial charge >= 0.3 is 0 Å². The highest BCUT2D eigenvalue weighted by Crippen LogP contribution is 2.25. The maximum atomic E-state index is 11.7. The van der Waals surface area contributed by atoms with Gasteiger partial charge in [0.25, 0.3) is 10.2 Å². The van der Waals surface area contributed by atoms with Crippen molar-refractivity contribution in [1.82, 2.24) is 4.72 Å². The number of nitrogens with one attached hydrogen (secondary N) is 2. The Balaban J connectivity index is 2.97. The average molecular weight is 344 g/mol. The largest absolute Gasteiger partial charge is 0.383 e. The van der Waals surface area contributed by atoms with E-state index >= 15 is 0 Å². The Labute approximate surface area is 122 Å². The van der Waals surface area contributed by atoms with E-state index in [2.05, 4.69) is 9.44 Å². The highest BCUT2D eigenvalue weighted by Gasteiger charge is 2.15. The van der Waals surface area contributed by atoms with Crippen molar-refractivity contribution in [2.75, 3.05) is 25.0 Å². The van der Waals surface area contributed by atoms with Gasteiger partial charge in [-0.25, -0.2) is 13.6 Å². The number of nitrogens with two attached hydrogens (primary N) is 1. The lowest BCUT2D eigenvalue weighted by Gasteiger charge is -2.11. The lowest BCUT2D eigenvalue weighted by Crippen LogP contribution is -2.32. The molecule has 0 aliphatic heterocycles. The van der Waals surface area contributed by atoms with E-state index in [1.807, 2.05) is 0 Å². The SMILES string of the molecule is COCCNS(=O)(=O)Nc1cc(S(N)(=O)=O)ccc1Cl. The predicted molar refractivity (Wildman–Crippen MR) is 75.2 cm³/mol. The van der Waals surface area contributed by atoms with E-state index in [4.69, 9.17) is 21.5 Å². The van der Waals surface area contributed by atoms with E-state index in [9.17, 15) is 16.8 Å². The topological polar surface area (TPSA) is 128 Å². The molecule has 0 atom stereocenters. The van der Waals surface area contributed by atoms with Gasteiger partial charge in [-0.15, -0.1) is 0 Å². The molecule has 1 aromatic carbocycles. The Morgan fingerprint density at radius 3 is 2.50 bits per heavy atom. The zero-order valence-corrected chi connectivity index (χ0v) is 12.8. The minimum atomic E-state index is -3.95. The number of primary sulfonamides is 1. The molecule has 11 heteroatoms. The molecule has 0 saturated heterocycles. The number of rotatable bonds is 7. The van der Waals surface area contributed by atoms with Crippen LogP contribution in [-0.2, 0) is 25.0 Å². The third-order valence-electron chi connectivity index (χ3n) is 2.11. The van der Waals surface area contributed by atoms with Crippen LogP contribution in [0.5, 0.6) is 0 Å². The first-order valence-corrected chi connectivity index (χ1v) is 8.65. The van der Waals surface area contributed by atoms with Crippen LogP contribution in [0.25, 0.3) is 0 Å². The van der Waals surface area contributed by atoms with Crippen molar-refractivity contribution < 1.29 is 21.6 Å². The molecule has 4 N–H and O–H groups in total. The molecular weight excluding hydrogens is 330 g/mol. The molecule has 1 aromatic rings. The Hall–Kier alpha value is -0.910. The number of sulfonamides is 1. The second-order valence-electron chi connectivity index (χ2n) is 3.68. The molecule has 0 spiro atoms. The van der Waals surface area contributed by atoms with Gasteiger partial charge in [-0.1, -0.05) is 11.6 Å². The van der Waals surface area contributed by atoms with E-state index in [0.717, 1.165) is 6.07 Å². The van der Waals surface area contributed by atoms with Crippen molar-refractivity contribution in [3.8, 4) is 0 Å². The average Bonchev–Trinajstić information content (AvgIpc) is 2.30. The number of benzene rings is 1. The summed E-state index contributed by atoms with van der Waals surface area (Å²) in [7, 11) is -6.42. The molecule has 1 rings (SSSR count). The highest BCUT2D eigenvalue weighted by atomic mass is 35.5. The van der Waals surface area contributed by atoms with Gasteiger partial charge in [0.1, 0.15) is 0 Å². The van der Waals surface area contributed by atoms with Crippen LogP contribution in [0.1, 0.15) is 0 Å². The van der Waals surface area contributed by atoms with Gasteiger partial charge in [0.15, 0.2) is 0 Å². The van der Waals surface area contributed by atoms with Crippen LogP contribution in [-0.4, -0.2) is 37.1 Å². The Kier molecular flexibility index (Phi) is 5.74. The second kappa shape index (κ2) is 6.70. The molecular formula is C9H14ClN3O5S2. The van der Waals surface area contributed by atoms with E-state index in [0.29, 0.717) is 0 Å². The van der Waals surface area contributed by atoms with Gasteiger partial charge in [0.05, 0.1) is 22.2 Å². The smallest absolute Gasteiger partial charge is 0.299 e. The first-order valence-electron chi connectivity index (χ1n) is 5.24. The minimum absolute atomic E-state index is 0.0366. The third kappa shape index (κ3) is 5.23. The Morgan fingerprint density at radius 1 is 1.30 bits per heavy atom. The van der Waals surface area contributed by atoms with Crippen molar-refractivity contribution in [2.24, 2.45) is 5.14 Å². The van der Waals surface area contributed by atoms with Gasteiger partial charge < -0.3 is 4.74 Å². The van der Waals surface area contributed by atoms with Crippen molar-refractivity contribution in [1.29, 1.82) is 0 Å². The summed E-state index contributed by atoms with van der Waals surface area (Å²) in [5.41, 5.74) is -0.0943. The Bertz CT molecular complexity index is 675. The number of methoxy groups -OCH3 is 1. The summed E-state index contributed by atoms with van der Waals surface area (Å²) < 4.78 is 54.7. The number of hydrogen-bond donors (Lipinski definition) is 3. The number of ether oxygens (including phenoxy) is 1. The van der Waals surface area contributed by atoms with Gasteiger partial charge in [-0.2, -0.15) is 13.1 Å². The van der Waals surface area contributed by atoms with E-state index < -0.39 is 20.2 Å².